The summed E-state index contributed by atoms with van der Waals surface area (Å²) in [6.45, 7) is 8.61. The summed E-state index contributed by atoms with van der Waals surface area (Å²) in [6.07, 6.45) is 1.34. The van der Waals surface area contributed by atoms with Crippen LogP contribution < -0.4 is 5.14 Å². The number of primary sulfonamides is 1. The summed E-state index contributed by atoms with van der Waals surface area (Å²) in [6, 6.07) is 0. The van der Waals surface area contributed by atoms with Crippen LogP contribution in [0.2, 0.25) is 0 Å². The third-order valence-electron chi connectivity index (χ3n) is 2.25. The molecule has 0 amide bonds. The molecule has 0 unspecified atom stereocenters. The van der Waals surface area contributed by atoms with Crippen molar-refractivity contribution in [3.8, 4) is 0 Å². The zero-order chi connectivity index (χ0) is 15.1. The Bertz CT molecular complexity index is 582. The van der Waals surface area contributed by atoms with Gasteiger partial charge >= 0.3 is 5.97 Å². The minimum atomic E-state index is -3.85. The molecule has 0 saturated carbocycles. The summed E-state index contributed by atoms with van der Waals surface area (Å²) in [4.78, 5) is 16.3. The predicted molar refractivity (Wildman–Crippen MR) is 72.4 cm³/mol. The standard InChI is InChI=1S/C11H18N2O4S2/c1-10(2,3)17-8(14)11(4,5)7-6-13-9(18-7)19(12,15)16/h6H,1-5H3,(H2,12,15,16). The van der Waals surface area contributed by atoms with Crippen molar-refractivity contribution in [3.63, 3.8) is 0 Å². The molecule has 0 aliphatic heterocycles. The van der Waals surface area contributed by atoms with E-state index < -0.39 is 27.0 Å². The summed E-state index contributed by atoms with van der Waals surface area (Å²) in [5.74, 6) is -0.440. The van der Waals surface area contributed by atoms with Crippen molar-refractivity contribution in [2.75, 3.05) is 0 Å². The number of hydrogen-bond donors (Lipinski definition) is 1. The van der Waals surface area contributed by atoms with E-state index in [2.05, 4.69) is 4.98 Å². The lowest BCUT2D eigenvalue weighted by molar-refractivity contribution is -0.160. The van der Waals surface area contributed by atoms with Gasteiger partial charge in [-0.15, -0.1) is 11.3 Å². The number of nitrogens with zero attached hydrogens (tertiary/aromatic N) is 1. The van der Waals surface area contributed by atoms with Crippen molar-refractivity contribution in [1.29, 1.82) is 0 Å². The molecule has 8 heteroatoms. The maximum atomic E-state index is 12.1. The van der Waals surface area contributed by atoms with E-state index in [0.29, 0.717) is 4.88 Å². The molecule has 0 saturated heterocycles. The zero-order valence-corrected chi connectivity index (χ0v) is 13.2. The molecule has 0 aromatic carbocycles. The first-order valence-electron chi connectivity index (χ1n) is 5.56. The van der Waals surface area contributed by atoms with Gasteiger partial charge in [0.25, 0.3) is 10.0 Å². The molecule has 0 aliphatic rings. The van der Waals surface area contributed by atoms with Crippen molar-refractivity contribution in [1.82, 2.24) is 4.98 Å². The minimum Gasteiger partial charge on any atom is -0.459 e. The molecule has 19 heavy (non-hydrogen) atoms. The van der Waals surface area contributed by atoms with Crippen LogP contribution in [0.25, 0.3) is 0 Å². The van der Waals surface area contributed by atoms with E-state index in [4.69, 9.17) is 9.88 Å². The fourth-order valence-electron chi connectivity index (χ4n) is 1.18. The molecule has 0 radical (unpaired) electrons. The first-order valence-corrected chi connectivity index (χ1v) is 7.93. The zero-order valence-electron chi connectivity index (χ0n) is 11.6. The molecule has 108 valence electrons. The molecular formula is C11H18N2O4S2. The van der Waals surface area contributed by atoms with Gasteiger partial charge in [-0.3, -0.25) is 4.79 Å². The van der Waals surface area contributed by atoms with Gasteiger partial charge in [-0.1, -0.05) is 0 Å². The van der Waals surface area contributed by atoms with Crippen LogP contribution in [0.5, 0.6) is 0 Å². The van der Waals surface area contributed by atoms with Crippen LogP contribution in [0, 0.1) is 0 Å². The molecule has 1 rings (SSSR count). The van der Waals surface area contributed by atoms with Crippen LogP contribution in [0.1, 0.15) is 39.5 Å². The number of sulfonamides is 1. The molecular weight excluding hydrogens is 288 g/mol. The minimum absolute atomic E-state index is 0.209. The van der Waals surface area contributed by atoms with Crippen LogP contribution in [0.4, 0.5) is 0 Å². The van der Waals surface area contributed by atoms with Crippen molar-refractivity contribution in [2.45, 2.75) is 50.0 Å². The number of aromatic nitrogens is 1. The number of ether oxygens (including phenoxy) is 1. The average molecular weight is 306 g/mol. The summed E-state index contributed by atoms with van der Waals surface area (Å²) >= 11 is 0.876. The van der Waals surface area contributed by atoms with E-state index in [1.54, 1.807) is 34.6 Å². The second-order valence-corrected chi connectivity index (χ2v) is 8.43. The van der Waals surface area contributed by atoms with Gasteiger partial charge < -0.3 is 4.74 Å². The largest absolute Gasteiger partial charge is 0.459 e. The molecule has 1 aromatic rings. The Hall–Kier alpha value is -0.990. The molecule has 1 heterocycles. The van der Waals surface area contributed by atoms with Crippen LogP contribution in [0.3, 0.4) is 0 Å². The summed E-state index contributed by atoms with van der Waals surface area (Å²) in [5.41, 5.74) is -1.59. The number of esters is 1. The van der Waals surface area contributed by atoms with Gasteiger partial charge in [0.15, 0.2) is 0 Å². The van der Waals surface area contributed by atoms with Crippen molar-refractivity contribution >= 4 is 27.3 Å². The van der Waals surface area contributed by atoms with Gasteiger partial charge in [-0.05, 0) is 34.6 Å². The van der Waals surface area contributed by atoms with E-state index in [0.717, 1.165) is 11.3 Å². The molecule has 0 aliphatic carbocycles. The predicted octanol–water partition coefficient (Wildman–Crippen LogP) is 1.41. The highest BCUT2D eigenvalue weighted by atomic mass is 32.2. The van der Waals surface area contributed by atoms with E-state index in [9.17, 15) is 13.2 Å². The molecule has 0 fully saturated rings. The average Bonchev–Trinajstić information content (AvgIpc) is 2.62. The number of carbonyl (C=O) groups is 1. The molecule has 0 atom stereocenters. The number of hydrogen-bond acceptors (Lipinski definition) is 6. The summed E-state index contributed by atoms with van der Waals surface area (Å²) in [5, 5.41) is 5.00. The SMILES string of the molecule is CC(C)(C)OC(=O)C(C)(C)c1cnc(S(N)(=O)=O)s1. The van der Waals surface area contributed by atoms with Gasteiger partial charge in [0, 0.05) is 11.1 Å². The Morgan fingerprint density at radius 3 is 2.21 bits per heavy atom. The Balaban J connectivity index is 3.07. The van der Waals surface area contributed by atoms with Crippen molar-refractivity contribution < 1.29 is 17.9 Å². The third-order valence-corrected chi connectivity index (χ3v) is 4.91. The Morgan fingerprint density at radius 2 is 1.84 bits per heavy atom. The Labute approximate surface area is 117 Å². The molecule has 0 spiro atoms. The second-order valence-electron chi connectivity index (χ2n) is 5.66. The smallest absolute Gasteiger partial charge is 0.317 e. The fraction of sp³-hybridized carbons (Fsp3) is 0.636. The number of carbonyl (C=O) groups excluding carboxylic acids is 1. The normalized spacial score (nSPS) is 13.4. The maximum Gasteiger partial charge on any atom is 0.317 e. The van der Waals surface area contributed by atoms with E-state index >= 15 is 0 Å². The lowest BCUT2D eigenvalue weighted by atomic mass is 9.92. The lowest BCUT2D eigenvalue weighted by Crippen LogP contribution is -2.36. The van der Waals surface area contributed by atoms with Gasteiger partial charge in [-0.25, -0.2) is 18.5 Å². The van der Waals surface area contributed by atoms with Crippen LogP contribution in [-0.4, -0.2) is 25.0 Å². The lowest BCUT2D eigenvalue weighted by Gasteiger charge is -2.27. The second kappa shape index (κ2) is 4.84. The van der Waals surface area contributed by atoms with E-state index in [1.165, 1.54) is 6.20 Å². The van der Waals surface area contributed by atoms with Gasteiger partial charge in [0.05, 0.1) is 5.41 Å². The third kappa shape index (κ3) is 3.99. The quantitative estimate of drug-likeness (QED) is 0.851. The van der Waals surface area contributed by atoms with Crippen LogP contribution in [0.15, 0.2) is 10.5 Å². The summed E-state index contributed by atoms with van der Waals surface area (Å²) in [7, 11) is -3.85. The Morgan fingerprint density at radius 1 is 1.32 bits per heavy atom. The first kappa shape index (κ1) is 16.1. The Kier molecular flexibility index (Phi) is 4.09. The highest BCUT2D eigenvalue weighted by Crippen LogP contribution is 2.32. The monoisotopic (exact) mass is 306 g/mol. The molecule has 1 aromatic heterocycles. The maximum absolute atomic E-state index is 12.1. The fourth-order valence-corrected chi connectivity index (χ4v) is 2.86. The topological polar surface area (TPSA) is 99.3 Å². The molecule has 0 bridgehead atoms. The molecule has 2 N–H and O–H groups in total. The number of thiazole rings is 1. The van der Waals surface area contributed by atoms with Gasteiger partial charge in [0.1, 0.15) is 5.60 Å². The number of rotatable bonds is 3. The van der Waals surface area contributed by atoms with Crippen LogP contribution >= 0.6 is 11.3 Å². The molecule has 6 nitrogen and oxygen atoms in total. The van der Waals surface area contributed by atoms with E-state index in [-0.39, 0.29) is 4.34 Å². The highest BCUT2D eigenvalue weighted by molar-refractivity contribution is 7.91. The van der Waals surface area contributed by atoms with Crippen LogP contribution in [-0.2, 0) is 25.0 Å². The number of nitrogens with two attached hydrogens (primary N) is 1. The van der Waals surface area contributed by atoms with E-state index in [1.807, 2.05) is 0 Å². The van der Waals surface area contributed by atoms with Crippen molar-refractivity contribution in [3.05, 3.63) is 11.1 Å². The highest BCUT2D eigenvalue weighted by Gasteiger charge is 2.36. The first-order chi connectivity index (χ1) is 8.34. The van der Waals surface area contributed by atoms with Gasteiger partial charge in [0.2, 0.25) is 4.34 Å². The van der Waals surface area contributed by atoms with Gasteiger partial charge in [-0.2, -0.15) is 0 Å². The summed E-state index contributed by atoms with van der Waals surface area (Å²) < 4.78 is 27.5. The van der Waals surface area contributed by atoms with Crippen molar-refractivity contribution in [2.24, 2.45) is 5.14 Å².